The molecule has 6 nitrogen and oxygen atoms in total. The molecule has 1 unspecified atom stereocenters. The van der Waals surface area contributed by atoms with Crippen LogP contribution in [-0.2, 0) is 9.53 Å². The van der Waals surface area contributed by atoms with E-state index in [9.17, 15) is 9.59 Å². The average Bonchev–Trinajstić information content (AvgIpc) is 2.82. The highest BCUT2D eigenvalue weighted by molar-refractivity contribution is 5.83. The minimum absolute atomic E-state index is 0.0422. The Balaban J connectivity index is 2.36. The van der Waals surface area contributed by atoms with E-state index < -0.39 is 18.0 Å². The Hall–Kier alpha value is -1.30. The third-order valence-electron chi connectivity index (χ3n) is 2.35. The van der Waals surface area contributed by atoms with Crippen LogP contribution < -0.4 is 10.6 Å². The summed E-state index contributed by atoms with van der Waals surface area (Å²) in [4.78, 5) is 22.0. The summed E-state index contributed by atoms with van der Waals surface area (Å²) in [5.41, 5.74) is -0.153. The first-order chi connectivity index (χ1) is 6.97. The van der Waals surface area contributed by atoms with Gasteiger partial charge in [-0.3, -0.25) is 0 Å². The van der Waals surface area contributed by atoms with Crippen molar-refractivity contribution in [3.05, 3.63) is 0 Å². The molecular formula is C9H16N2O4. The summed E-state index contributed by atoms with van der Waals surface area (Å²) in [6.07, 6.45) is 1.87. The largest absolute Gasteiger partial charge is 0.480 e. The molecule has 0 heterocycles. The zero-order chi connectivity index (χ0) is 11.5. The van der Waals surface area contributed by atoms with Gasteiger partial charge in [0.2, 0.25) is 0 Å². The molecule has 1 saturated carbocycles. The minimum Gasteiger partial charge on any atom is -0.480 e. The van der Waals surface area contributed by atoms with Gasteiger partial charge in [-0.2, -0.15) is 0 Å². The monoisotopic (exact) mass is 216 g/mol. The first-order valence-corrected chi connectivity index (χ1v) is 4.77. The second-order valence-electron chi connectivity index (χ2n) is 4.01. The van der Waals surface area contributed by atoms with Crippen molar-refractivity contribution in [2.24, 2.45) is 0 Å². The molecule has 0 radical (unpaired) electrons. The van der Waals surface area contributed by atoms with Crippen molar-refractivity contribution in [3.63, 3.8) is 0 Å². The fourth-order valence-corrected chi connectivity index (χ4v) is 1.12. The van der Waals surface area contributed by atoms with Crippen LogP contribution in [0, 0.1) is 0 Å². The molecule has 2 amide bonds. The first kappa shape index (κ1) is 11.8. The molecule has 0 aliphatic heterocycles. The Bertz CT molecular complexity index is 263. The normalized spacial score (nSPS) is 19.1. The second kappa shape index (κ2) is 4.48. The SMILES string of the molecule is COCC(NC(=O)NC1(C)CC1)C(=O)O. The minimum atomic E-state index is -1.10. The standard InChI is InChI=1S/C9H16N2O4/c1-9(3-4-9)11-8(14)10-6(5-15-2)7(12)13/h6H,3-5H2,1-2H3,(H,12,13)(H2,10,11,14). The molecule has 86 valence electrons. The predicted octanol–water partition coefficient (Wildman–Crippen LogP) is -0.0623. The number of methoxy groups -OCH3 is 1. The molecule has 1 rings (SSSR count). The van der Waals surface area contributed by atoms with Crippen LogP contribution in [0.4, 0.5) is 4.79 Å². The molecule has 1 fully saturated rings. The van der Waals surface area contributed by atoms with Gasteiger partial charge in [0.25, 0.3) is 0 Å². The van der Waals surface area contributed by atoms with Gasteiger partial charge in [-0.25, -0.2) is 9.59 Å². The Morgan fingerprint density at radius 3 is 2.53 bits per heavy atom. The molecular weight excluding hydrogens is 200 g/mol. The van der Waals surface area contributed by atoms with E-state index in [0.717, 1.165) is 12.8 Å². The van der Waals surface area contributed by atoms with Crippen molar-refractivity contribution < 1.29 is 19.4 Å². The zero-order valence-electron chi connectivity index (χ0n) is 8.87. The van der Waals surface area contributed by atoms with E-state index in [0.29, 0.717) is 0 Å². The number of rotatable bonds is 5. The Morgan fingerprint density at radius 2 is 2.13 bits per heavy atom. The summed E-state index contributed by atoms with van der Waals surface area (Å²) < 4.78 is 4.69. The van der Waals surface area contributed by atoms with E-state index in [1.807, 2.05) is 6.92 Å². The second-order valence-corrected chi connectivity index (χ2v) is 4.01. The number of carboxylic acids is 1. The molecule has 1 aliphatic rings. The Kier molecular flexibility index (Phi) is 3.52. The highest BCUT2D eigenvalue weighted by Gasteiger charge is 2.39. The number of hydrogen-bond donors (Lipinski definition) is 3. The lowest BCUT2D eigenvalue weighted by Crippen LogP contribution is -2.50. The van der Waals surface area contributed by atoms with E-state index in [-0.39, 0.29) is 12.1 Å². The fraction of sp³-hybridized carbons (Fsp3) is 0.778. The van der Waals surface area contributed by atoms with Crippen LogP contribution in [0.1, 0.15) is 19.8 Å². The third kappa shape index (κ3) is 3.75. The highest BCUT2D eigenvalue weighted by atomic mass is 16.5. The quantitative estimate of drug-likeness (QED) is 0.600. The molecule has 6 heteroatoms. The number of aliphatic carboxylic acids is 1. The van der Waals surface area contributed by atoms with Crippen LogP contribution in [-0.4, -0.2) is 42.4 Å². The van der Waals surface area contributed by atoms with Gasteiger partial charge in [0.05, 0.1) is 6.61 Å². The van der Waals surface area contributed by atoms with E-state index in [1.165, 1.54) is 7.11 Å². The van der Waals surface area contributed by atoms with Gasteiger partial charge in [-0.15, -0.1) is 0 Å². The summed E-state index contributed by atoms with van der Waals surface area (Å²) in [5.74, 6) is -1.10. The molecule has 0 aromatic carbocycles. The summed E-state index contributed by atoms with van der Waals surface area (Å²) in [5, 5.41) is 13.8. The molecule has 0 aromatic rings. The van der Waals surface area contributed by atoms with Gasteiger partial charge >= 0.3 is 12.0 Å². The number of ether oxygens (including phenoxy) is 1. The maximum Gasteiger partial charge on any atom is 0.328 e. The predicted molar refractivity (Wildman–Crippen MR) is 52.6 cm³/mol. The van der Waals surface area contributed by atoms with Crippen molar-refractivity contribution in [3.8, 4) is 0 Å². The average molecular weight is 216 g/mol. The van der Waals surface area contributed by atoms with Gasteiger partial charge in [0.15, 0.2) is 6.04 Å². The van der Waals surface area contributed by atoms with Crippen molar-refractivity contribution in [2.75, 3.05) is 13.7 Å². The van der Waals surface area contributed by atoms with Gasteiger partial charge in [-0.05, 0) is 19.8 Å². The van der Waals surface area contributed by atoms with Crippen molar-refractivity contribution in [2.45, 2.75) is 31.3 Å². The number of carboxylic acid groups (broad SMARTS) is 1. The van der Waals surface area contributed by atoms with E-state index in [4.69, 9.17) is 5.11 Å². The Labute approximate surface area is 88.0 Å². The molecule has 0 bridgehead atoms. The first-order valence-electron chi connectivity index (χ1n) is 4.77. The van der Waals surface area contributed by atoms with E-state index in [2.05, 4.69) is 15.4 Å². The number of hydrogen-bond acceptors (Lipinski definition) is 3. The molecule has 0 aromatic heterocycles. The summed E-state index contributed by atoms with van der Waals surface area (Å²) in [6, 6.07) is -1.46. The number of carbonyl (C=O) groups excluding carboxylic acids is 1. The summed E-state index contributed by atoms with van der Waals surface area (Å²) in [7, 11) is 1.39. The summed E-state index contributed by atoms with van der Waals surface area (Å²) in [6.45, 7) is 1.87. The lowest BCUT2D eigenvalue weighted by molar-refractivity contribution is -0.140. The van der Waals surface area contributed by atoms with Crippen LogP contribution in [0.5, 0.6) is 0 Å². The molecule has 0 saturated heterocycles. The number of urea groups is 1. The molecule has 15 heavy (non-hydrogen) atoms. The fourth-order valence-electron chi connectivity index (χ4n) is 1.12. The van der Waals surface area contributed by atoms with Crippen LogP contribution >= 0.6 is 0 Å². The zero-order valence-corrected chi connectivity index (χ0v) is 8.87. The lowest BCUT2D eigenvalue weighted by Gasteiger charge is -2.16. The van der Waals surface area contributed by atoms with Gasteiger partial charge in [0, 0.05) is 12.6 Å². The third-order valence-corrected chi connectivity index (χ3v) is 2.35. The molecule has 3 N–H and O–H groups in total. The topological polar surface area (TPSA) is 87.7 Å². The van der Waals surface area contributed by atoms with Gasteiger partial charge in [-0.1, -0.05) is 0 Å². The molecule has 0 spiro atoms. The van der Waals surface area contributed by atoms with E-state index >= 15 is 0 Å². The van der Waals surface area contributed by atoms with Crippen LogP contribution in [0.3, 0.4) is 0 Å². The van der Waals surface area contributed by atoms with Crippen molar-refractivity contribution in [1.29, 1.82) is 0 Å². The van der Waals surface area contributed by atoms with Crippen molar-refractivity contribution in [1.82, 2.24) is 10.6 Å². The van der Waals surface area contributed by atoms with Gasteiger partial charge < -0.3 is 20.5 Å². The maximum atomic E-state index is 11.3. The lowest BCUT2D eigenvalue weighted by atomic mass is 10.3. The number of nitrogens with one attached hydrogen (secondary N) is 2. The molecule has 1 atom stereocenters. The van der Waals surface area contributed by atoms with Crippen LogP contribution in [0.2, 0.25) is 0 Å². The van der Waals surface area contributed by atoms with Crippen LogP contribution in [0.15, 0.2) is 0 Å². The van der Waals surface area contributed by atoms with Crippen molar-refractivity contribution >= 4 is 12.0 Å². The Morgan fingerprint density at radius 1 is 1.53 bits per heavy atom. The number of amides is 2. The summed E-state index contributed by atoms with van der Waals surface area (Å²) >= 11 is 0. The highest BCUT2D eigenvalue weighted by Crippen LogP contribution is 2.33. The van der Waals surface area contributed by atoms with Crippen LogP contribution in [0.25, 0.3) is 0 Å². The number of carbonyl (C=O) groups is 2. The smallest absolute Gasteiger partial charge is 0.328 e. The molecule has 1 aliphatic carbocycles. The van der Waals surface area contributed by atoms with E-state index in [1.54, 1.807) is 0 Å². The maximum absolute atomic E-state index is 11.3. The van der Waals surface area contributed by atoms with Gasteiger partial charge in [0.1, 0.15) is 0 Å².